The zero-order chi connectivity index (χ0) is 24.7. The van der Waals surface area contributed by atoms with Crippen molar-refractivity contribution < 1.29 is 28.6 Å². The number of esters is 1. The Labute approximate surface area is 207 Å². The number of aryl methyl sites for hydroxylation is 1. The van der Waals surface area contributed by atoms with Crippen LogP contribution < -0.4 is 10.1 Å². The lowest BCUT2D eigenvalue weighted by Gasteiger charge is -2.42. The van der Waals surface area contributed by atoms with E-state index in [2.05, 4.69) is 11.4 Å². The first kappa shape index (κ1) is 25.4. The van der Waals surface area contributed by atoms with E-state index >= 15 is 0 Å². The lowest BCUT2D eigenvalue weighted by Crippen LogP contribution is -2.61. The van der Waals surface area contributed by atoms with E-state index in [1.165, 1.54) is 12.7 Å². The van der Waals surface area contributed by atoms with Gasteiger partial charge in [0.15, 0.2) is 5.60 Å². The van der Waals surface area contributed by atoms with Crippen molar-refractivity contribution in [1.29, 1.82) is 0 Å². The molecular weight excluding hydrogens is 450 g/mol. The fourth-order valence-corrected chi connectivity index (χ4v) is 5.28. The second-order valence-corrected chi connectivity index (χ2v) is 9.65. The third kappa shape index (κ3) is 6.32. The van der Waals surface area contributed by atoms with Crippen LogP contribution in [0.15, 0.2) is 24.3 Å². The van der Waals surface area contributed by atoms with Crippen molar-refractivity contribution in [1.82, 2.24) is 15.1 Å². The van der Waals surface area contributed by atoms with E-state index < -0.39 is 5.60 Å². The van der Waals surface area contributed by atoms with Gasteiger partial charge in [-0.1, -0.05) is 18.2 Å². The van der Waals surface area contributed by atoms with Crippen LogP contribution in [0.4, 0.5) is 0 Å². The number of amides is 2. The fourth-order valence-electron chi connectivity index (χ4n) is 5.28. The van der Waals surface area contributed by atoms with Gasteiger partial charge in [-0.15, -0.1) is 0 Å². The van der Waals surface area contributed by atoms with Gasteiger partial charge in [0.1, 0.15) is 12.4 Å². The monoisotopic (exact) mass is 487 g/mol. The largest absolute Gasteiger partial charge is 0.491 e. The van der Waals surface area contributed by atoms with Gasteiger partial charge in [0.25, 0.3) is 5.91 Å². The first-order chi connectivity index (χ1) is 17.0. The molecule has 0 radical (unpaired) electrons. The number of likely N-dealkylation sites (tertiary alicyclic amines) is 1. The summed E-state index contributed by atoms with van der Waals surface area (Å²) in [6.45, 7) is 3.54. The molecule has 4 rings (SSSR count). The Bertz CT molecular complexity index is 901. The Morgan fingerprint density at radius 2 is 1.94 bits per heavy atom. The number of nitrogens with one attached hydrogen (secondary N) is 1. The number of methoxy groups -OCH3 is 1. The van der Waals surface area contributed by atoms with Crippen LogP contribution in [0.1, 0.15) is 37.7 Å². The Balaban J connectivity index is 1.35. The molecular formula is C26H37N3O6. The van der Waals surface area contributed by atoms with Crippen molar-refractivity contribution in [2.75, 3.05) is 59.6 Å². The number of hydrogen-bond donors (Lipinski definition) is 1. The highest BCUT2D eigenvalue weighted by Crippen LogP contribution is 2.28. The maximum Gasteiger partial charge on any atom is 0.308 e. The Hall–Kier alpha value is -2.65. The molecule has 1 spiro atoms. The second kappa shape index (κ2) is 11.9. The third-order valence-corrected chi connectivity index (χ3v) is 7.31. The summed E-state index contributed by atoms with van der Waals surface area (Å²) in [5.74, 6) is 0.447. The third-order valence-electron chi connectivity index (χ3n) is 7.31. The molecule has 0 bridgehead atoms. The number of carbonyl (C=O) groups excluding carboxylic acids is 3. The van der Waals surface area contributed by atoms with Crippen LogP contribution >= 0.6 is 0 Å². The molecule has 192 valence electrons. The van der Waals surface area contributed by atoms with Gasteiger partial charge in [-0.3, -0.25) is 19.3 Å². The van der Waals surface area contributed by atoms with Crippen molar-refractivity contribution in [2.45, 2.75) is 44.1 Å². The van der Waals surface area contributed by atoms with Crippen LogP contribution in [0.3, 0.4) is 0 Å². The van der Waals surface area contributed by atoms with Gasteiger partial charge in [-0.2, -0.15) is 0 Å². The summed E-state index contributed by atoms with van der Waals surface area (Å²) in [7, 11) is 1.40. The van der Waals surface area contributed by atoms with Gasteiger partial charge in [-0.05, 0) is 50.2 Å². The summed E-state index contributed by atoms with van der Waals surface area (Å²) in [5, 5.41) is 3.00. The van der Waals surface area contributed by atoms with Crippen molar-refractivity contribution in [3.8, 4) is 5.75 Å². The molecule has 3 aliphatic heterocycles. The number of fused-ring (bicyclic) bond motifs is 1. The lowest BCUT2D eigenvalue weighted by molar-refractivity contribution is -0.164. The summed E-state index contributed by atoms with van der Waals surface area (Å²) >= 11 is 0. The zero-order valence-corrected chi connectivity index (χ0v) is 20.6. The van der Waals surface area contributed by atoms with E-state index in [0.717, 1.165) is 25.0 Å². The molecule has 1 N–H and O–H groups in total. The summed E-state index contributed by atoms with van der Waals surface area (Å²) in [6.07, 6.45) is 4.50. The molecule has 1 aromatic rings. The van der Waals surface area contributed by atoms with Gasteiger partial charge >= 0.3 is 5.97 Å². The maximum atomic E-state index is 13.3. The number of nitrogens with zero attached hydrogens (tertiary/aromatic N) is 2. The fraction of sp³-hybridized carbons (Fsp3) is 0.654. The van der Waals surface area contributed by atoms with Gasteiger partial charge in [0, 0.05) is 26.2 Å². The second-order valence-electron chi connectivity index (χ2n) is 9.65. The molecule has 35 heavy (non-hydrogen) atoms. The number of morpholine rings is 1. The number of ether oxygens (including phenoxy) is 3. The van der Waals surface area contributed by atoms with Crippen LogP contribution in [0.5, 0.6) is 5.75 Å². The SMILES string of the molecule is COC(=O)C1CCN(C(=O)CN2CCOC3(CCCCc4ccccc4OCCNC3=O)C2)CC1. The highest BCUT2D eigenvalue weighted by molar-refractivity contribution is 5.86. The molecule has 2 saturated heterocycles. The first-order valence-electron chi connectivity index (χ1n) is 12.7. The maximum absolute atomic E-state index is 13.3. The number of carbonyl (C=O) groups is 3. The molecule has 1 aromatic carbocycles. The van der Waals surface area contributed by atoms with Gasteiger partial charge in [0.2, 0.25) is 5.91 Å². The molecule has 3 aliphatic rings. The van der Waals surface area contributed by atoms with E-state index in [1.807, 2.05) is 28.0 Å². The summed E-state index contributed by atoms with van der Waals surface area (Å²) in [6, 6.07) is 8.05. The van der Waals surface area contributed by atoms with E-state index in [1.54, 1.807) is 0 Å². The summed E-state index contributed by atoms with van der Waals surface area (Å²) in [5.41, 5.74) is 0.218. The highest BCUT2D eigenvalue weighted by Gasteiger charge is 2.44. The predicted molar refractivity (Wildman–Crippen MR) is 129 cm³/mol. The standard InChI is InChI=1S/C26H37N3O6/c1-33-24(31)21-9-13-29(14-10-21)23(30)18-28-15-17-35-26(19-28)11-5-4-7-20-6-2-3-8-22(20)34-16-12-27-25(26)32/h2-3,6,8,21H,4-5,7,9-19H2,1H3,(H,27,32). The minimum absolute atomic E-state index is 0.0314. The molecule has 0 aliphatic carbocycles. The summed E-state index contributed by atoms with van der Waals surface area (Å²) < 4.78 is 16.9. The number of piperidine rings is 1. The Kier molecular flexibility index (Phi) is 8.62. The van der Waals surface area contributed by atoms with Crippen molar-refractivity contribution in [3.05, 3.63) is 29.8 Å². The predicted octanol–water partition coefficient (Wildman–Crippen LogP) is 1.39. The Morgan fingerprint density at radius 3 is 2.74 bits per heavy atom. The number of rotatable bonds is 3. The molecule has 0 aromatic heterocycles. The number of para-hydroxylation sites is 1. The molecule has 2 fully saturated rings. The van der Waals surface area contributed by atoms with Crippen molar-refractivity contribution in [3.63, 3.8) is 0 Å². The molecule has 3 heterocycles. The van der Waals surface area contributed by atoms with Gasteiger partial charge in [-0.25, -0.2) is 0 Å². The summed E-state index contributed by atoms with van der Waals surface area (Å²) in [4.78, 5) is 41.9. The van der Waals surface area contributed by atoms with Crippen LogP contribution in [0, 0.1) is 5.92 Å². The number of benzene rings is 1. The Morgan fingerprint density at radius 1 is 1.14 bits per heavy atom. The molecule has 1 atom stereocenters. The van der Waals surface area contributed by atoms with Crippen LogP contribution in [0.25, 0.3) is 0 Å². The highest BCUT2D eigenvalue weighted by atomic mass is 16.5. The van der Waals surface area contributed by atoms with Crippen molar-refractivity contribution >= 4 is 17.8 Å². The number of hydrogen-bond acceptors (Lipinski definition) is 7. The van der Waals surface area contributed by atoms with E-state index in [9.17, 15) is 14.4 Å². The molecule has 0 saturated carbocycles. The van der Waals surface area contributed by atoms with E-state index in [-0.39, 0.29) is 30.2 Å². The topological polar surface area (TPSA) is 97.4 Å². The van der Waals surface area contributed by atoms with Crippen LogP contribution in [-0.4, -0.2) is 92.8 Å². The molecule has 9 heteroatoms. The average molecular weight is 488 g/mol. The van der Waals surface area contributed by atoms with E-state index in [0.29, 0.717) is 65.2 Å². The minimum Gasteiger partial charge on any atom is -0.491 e. The zero-order valence-electron chi connectivity index (χ0n) is 20.6. The van der Waals surface area contributed by atoms with Gasteiger partial charge in [0.05, 0.1) is 32.7 Å². The first-order valence-corrected chi connectivity index (χ1v) is 12.7. The lowest BCUT2D eigenvalue weighted by atomic mass is 9.91. The molecule has 2 amide bonds. The molecule has 1 unspecified atom stereocenters. The van der Waals surface area contributed by atoms with Crippen LogP contribution in [-0.2, 0) is 30.3 Å². The quantitative estimate of drug-likeness (QED) is 0.644. The van der Waals surface area contributed by atoms with E-state index in [4.69, 9.17) is 14.2 Å². The van der Waals surface area contributed by atoms with Crippen molar-refractivity contribution in [2.24, 2.45) is 5.92 Å². The minimum atomic E-state index is -0.963. The normalized spacial score (nSPS) is 24.9. The molecule has 9 nitrogen and oxygen atoms in total. The van der Waals surface area contributed by atoms with Crippen LogP contribution in [0.2, 0.25) is 0 Å². The smallest absolute Gasteiger partial charge is 0.308 e. The van der Waals surface area contributed by atoms with Gasteiger partial charge < -0.3 is 24.4 Å². The average Bonchev–Trinajstić information content (AvgIpc) is 2.88.